The Morgan fingerprint density at radius 2 is 1.78 bits per heavy atom. The van der Waals surface area contributed by atoms with Crippen molar-refractivity contribution in [3.05, 3.63) is 63.6 Å². The van der Waals surface area contributed by atoms with E-state index in [4.69, 9.17) is 23.2 Å². The van der Waals surface area contributed by atoms with Gasteiger partial charge in [-0.3, -0.25) is 0 Å². The summed E-state index contributed by atoms with van der Waals surface area (Å²) in [6, 6.07) is 8.64. The quantitative estimate of drug-likeness (QED) is 0.848. The lowest BCUT2D eigenvalue weighted by Crippen LogP contribution is -2.04. The van der Waals surface area contributed by atoms with Gasteiger partial charge < -0.3 is 5.32 Å². The van der Waals surface area contributed by atoms with Crippen LogP contribution in [0.4, 0.5) is 14.5 Å². The molecule has 0 unspecified atom stereocenters. The molecule has 0 spiro atoms. The third kappa shape index (κ3) is 2.92. The van der Waals surface area contributed by atoms with Crippen LogP contribution < -0.4 is 5.32 Å². The summed E-state index contributed by atoms with van der Waals surface area (Å²) in [5.74, 6) is -0.917. The molecule has 18 heavy (non-hydrogen) atoms. The van der Waals surface area contributed by atoms with Gasteiger partial charge in [0.2, 0.25) is 0 Å². The van der Waals surface area contributed by atoms with Crippen molar-refractivity contribution in [1.82, 2.24) is 0 Å². The van der Waals surface area contributed by atoms with Gasteiger partial charge in [-0.25, -0.2) is 8.78 Å². The summed E-state index contributed by atoms with van der Waals surface area (Å²) in [6.07, 6.45) is 0. The number of rotatable bonds is 3. The van der Waals surface area contributed by atoms with E-state index < -0.39 is 11.6 Å². The zero-order valence-corrected chi connectivity index (χ0v) is 10.7. The summed E-state index contributed by atoms with van der Waals surface area (Å²) >= 11 is 11.5. The molecule has 5 heteroatoms. The topological polar surface area (TPSA) is 12.0 Å². The van der Waals surface area contributed by atoms with Gasteiger partial charge in [-0.05, 0) is 30.3 Å². The first-order valence-corrected chi connectivity index (χ1v) is 5.95. The first kappa shape index (κ1) is 13.1. The van der Waals surface area contributed by atoms with Gasteiger partial charge in [-0.15, -0.1) is 0 Å². The molecule has 2 aromatic carbocycles. The van der Waals surface area contributed by atoms with Crippen LogP contribution in [0.15, 0.2) is 36.4 Å². The fraction of sp³-hybridized carbons (Fsp3) is 0.0769. The average molecular weight is 288 g/mol. The Balaban J connectivity index is 2.16. The normalized spacial score (nSPS) is 10.4. The molecule has 94 valence electrons. The zero-order valence-electron chi connectivity index (χ0n) is 9.18. The van der Waals surface area contributed by atoms with Crippen LogP contribution in [0.3, 0.4) is 0 Å². The minimum atomic E-state index is -0.491. The highest BCUT2D eigenvalue weighted by Gasteiger charge is 2.08. The number of halogens is 4. The van der Waals surface area contributed by atoms with Crippen molar-refractivity contribution in [2.24, 2.45) is 0 Å². The number of anilines is 1. The number of nitrogens with one attached hydrogen (secondary N) is 1. The molecule has 0 saturated carbocycles. The first-order chi connectivity index (χ1) is 8.58. The van der Waals surface area contributed by atoms with Crippen molar-refractivity contribution >= 4 is 28.9 Å². The Labute approximate surface area is 113 Å². The predicted octanol–water partition coefficient (Wildman–Crippen LogP) is 4.88. The van der Waals surface area contributed by atoms with Crippen molar-refractivity contribution < 1.29 is 8.78 Å². The number of hydrogen-bond donors (Lipinski definition) is 1. The monoisotopic (exact) mass is 287 g/mol. The molecular weight excluding hydrogens is 279 g/mol. The van der Waals surface area contributed by atoms with Gasteiger partial charge in [0.1, 0.15) is 11.6 Å². The molecular formula is C13H9Cl2F2N. The molecule has 0 radical (unpaired) electrons. The Bertz CT molecular complexity index is 553. The van der Waals surface area contributed by atoms with Crippen LogP contribution in [0.2, 0.25) is 10.0 Å². The summed E-state index contributed by atoms with van der Waals surface area (Å²) in [5, 5.41) is 3.39. The number of hydrogen-bond acceptors (Lipinski definition) is 1. The molecule has 1 nitrogen and oxygen atoms in total. The summed E-state index contributed by atoms with van der Waals surface area (Å²) in [4.78, 5) is 0. The highest BCUT2D eigenvalue weighted by atomic mass is 35.5. The highest BCUT2D eigenvalue weighted by Crippen LogP contribution is 2.23. The van der Waals surface area contributed by atoms with E-state index in [1.165, 1.54) is 24.3 Å². The summed E-state index contributed by atoms with van der Waals surface area (Å²) < 4.78 is 27.0. The van der Waals surface area contributed by atoms with Gasteiger partial charge in [0, 0.05) is 22.2 Å². The number of benzene rings is 2. The average Bonchev–Trinajstić information content (AvgIpc) is 2.31. The van der Waals surface area contributed by atoms with Crippen LogP contribution in [0.5, 0.6) is 0 Å². The van der Waals surface area contributed by atoms with E-state index in [0.717, 1.165) is 0 Å². The van der Waals surface area contributed by atoms with E-state index >= 15 is 0 Å². The van der Waals surface area contributed by atoms with E-state index in [9.17, 15) is 8.78 Å². The van der Waals surface area contributed by atoms with E-state index in [1.807, 2.05) is 0 Å². The molecule has 0 aromatic heterocycles. The smallest absolute Gasteiger partial charge is 0.147 e. The molecule has 2 rings (SSSR count). The largest absolute Gasteiger partial charge is 0.378 e. The fourth-order valence-corrected chi connectivity index (χ4v) is 1.91. The van der Waals surface area contributed by atoms with Crippen LogP contribution in [0.1, 0.15) is 5.56 Å². The predicted molar refractivity (Wildman–Crippen MR) is 70.1 cm³/mol. The van der Waals surface area contributed by atoms with Gasteiger partial charge in [-0.2, -0.15) is 0 Å². The maximum atomic E-state index is 13.5. The van der Waals surface area contributed by atoms with Gasteiger partial charge in [0.15, 0.2) is 0 Å². The molecule has 0 fully saturated rings. The fourth-order valence-electron chi connectivity index (χ4n) is 1.52. The maximum absolute atomic E-state index is 13.5. The maximum Gasteiger partial charge on any atom is 0.147 e. The first-order valence-electron chi connectivity index (χ1n) is 5.20. The van der Waals surface area contributed by atoms with Crippen LogP contribution in [-0.4, -0.2) is 0 Å². The summed E-state index contributed by atoms with van der Waals surface area (Å²) in [7, 11) is 0. The Kier molecular flexibility index (Phi) is 4.04. The van der Waals surface area contributed by atoms with E-state index in [1.54, 1.807) is 12.1 Å². The van der Waals surface area contributed by atoms with Crippen LogP contribution in [0, 0.1) is 11.6 Å². The molecule has 0 aliphatic rings. The molecule has 0 heterocycles. The third-order valence-corrected chi connectivity index (χ3v) is 3.04. The minimum Gasteiger partial charge on any atom is -0.378 e. The Morgan fingerprint density at radius 1 is 1.00 bits per heavy atom. The SMILES string of the molecule is Fc1cc(Cl)ccc1NCc1c(F)cccc1Cl. The van der Waals surface area contributed by atoms with Crippen molar-refractivity contribution in [2.45, 2.75) is 6.54 Å². The molecule has 0 atom stereocenters. The third-order valence-electron chi connectivity index (χ3n) is 2.45. The van der Waals surface area contributed by atoms with Gasteiger partial charge in [0.05, 0.1) is 5.69 Å². The second-order valence-electron chi connectivity index (χ2n) is 3.68. The van der Waals surface area contributed by atoms with Gasteiger partial charge in [0.25, 0.3) is 0 Å². The van der Waals surface area contributed by atoms with E-state index in [2.05, 4.69) is 5.32 Å². The highest BCUT2D eigenvalue weighted by molar-refractivity contribution is 6.31. The van der Waals surface area contributed by atoms with Crippen LogP contribution in [0.25, 0.3) is 0 Å². The van der Waals surface area contributed by atoms with Gasteiger partial charge >= 0.3 is 0 Å². The lowest BCUT2D eigenvalue weighted by atomic mass is 10.2. The molecule has 0 aliphatic heterocycles. The minimum absolute atomic E-state index is 0.101. The zero-order chi connectivity index (χ0) is 13.1. The molecule has 0 saturated heterocycles. The van der Waals surface area contributed by atoms with Crippen molar-refractivity contribution in [1.29, 1.82) is 0 Å². The van der Waals surface area contributed by atoms with E-state index in [0.29, 0.717) is 15.6 Å². The lowest BCUT2D eigenvalue weighted by Gasteiger charge is -2.10. The lowest BCUT2D eigenvalue weighted by molar-refractivity contribution is 0.610. The molecule has 0 amide bonds. The second-order valence-corrected chi connectivity index (χ2v) is 4.52. The van der Waals surface area contributed by atoms with Gasteiger partial charge in [-0.1, -0.05) is 29.3 Å². The summed E-state index contributed by atoms with van der Waals surface area (Å²) in [6.45, 7) is 0.101. The second kappa shape index (κ2) is 5.55. The van der Waals surface area contributed by atoms with Crippen LogP contribution in [-0.2, 0) is 6.54 Å². The van der Waals surface area contributed by atoms with E-state index in [-0.39, 0.29) is 12.2 Å². The Hall–Kier alpha value is -1.32. The summed E-state index contributed by atoms with van der Waals surface area (Å²) in [5.41, 5.74) is 0.548. The molecule has 0 bridgehead atoms. The van der Waals surface area contributed by atoms with Crippen molar-refractivity contribution in [3.8, 4) is 0 Å². The Morgan fingerprint density at radius 3 is 2.44 bits per heavy atom. The molecule has 1 N–H and O–H groups in total. The van der Waals surface area contributed by atoms with Crippen LogP contribution >= 0.6 is 23.2 Å². The molecule has 2 aromatic rings. The van der Waals surface area contributed by atoms with Crippen molar-refractivity contribution in [2.75, 3.05) is 5.32 Å². The van der Waals surface area contributed by atoms with Crippen molar-refractivity contribution in [3.63, 3.8) is 0 Å². The molecule has 0 aliphatic carbocycles. The standard InChI is InChI=1S/C13H9Cl2F2N/c14-8-4-5-13(12(17)6-8)18-7-9-10(15)2-1-3-11(9)16/h1-6,18H,7H2.